The van der Waals surface area contributed by atoms with Crippen LogP contribution in [0.4, 0.5) is 4.39 Å². The first-order chi connectivity index (χ1) is 16.4. The van der Waals surface area contributed by atoms with Gasteiger partial charge in [0.25, 0.3) is 0 Å². The Labute approximate surface area is 229 Å². The Morgan fingerprint density at radius 2 is 1.86 bits per heavy atom. The number of unbranched alkanes of at least 4 members (excludes halogenated alkanes) is 1. The second-order valence-electron chi connectivity index (χ2n) is 8.63. The van der Waals surface area contributed by atoms with Crippen LogP contribution in [0.25, 0.3) is 0 Å². The Kier molecular flexibility index (Phi) is 10.7. The Hall–Kier alpha value is -1.98. The minimum Gasteiger partial charge on any atom is -0.465 e. The topological polar surface area (TPSA) is 135 Å². The highest BCUT2D eigenvalue weighted by Crippen LogP contribution is 2.34. The SMILES string of the molecule is CCCCOC(=O)C(C[C@@H](F)Cn1cc(C(=O)OC(C)(C)C)nn1)(C(=O)OI)c1ccc(I)nn1. The van der Waals surface area contributed by atoms with Gasteiger partial charge in [-0.1, -0.05) is 18.6 Å². The van der Waals surface area contributed by atoms with E-state index in [2.05, 4.69) is 20.5 Å². The van der Waals surface area contributed by atoms with Crippen LogP contribution < -0.4 is 0 Å². The van der Waals surface area contributed by atoms with Gasteiger partial charge in [0.15, 0.2) is 28.7 Å². The first-order valence-electron chi connectivity index (χ1n) is 10.7. The van der Waals surface area contributed by atoms with Crippen LogP contribution in [0.1, 0.15) is 63.1 Å². The van der Waals surface area contributed by atoms with Crippen molar-refractivity contribution >= 4 is 63.5 Å². The lowest BCUT2D eigenvalue weighted by Crippen LogP contribution is -2.48. The normalized spacial score (nSPS) is 14.0. The molecule has 2 rings (SSSR count). The van der Waals surface area contributed by atoms with Crippen LogP contribution in [-0.4, -0.2) is 61.5 Å². The van der Waals surface area contributed by atoms with Gasteiger partial charge in [0.05, 0.1) is 25.0 Å². The fourth-order valence-corrected chi connectivity index (χ4v) is 3.68. The molecule has 0 radical (unpaired) electrons. The molecule has 1 unspecified atom stereocenters. The zero-order chi connectivity index (χ0) is 26.2. The molecule has 2 aromatic rings. The van der Waals surface area contributed by atoms with Gasteiger partial charge in [-0.3, -0.25) is 4.79 Å². The van der Waals surface area contributed by atoms with E-state index in [-0.39, 0.29) is 18.0 Å². The molecule has 35 heavy (non-hydrogen) atoms. The van der Waals surface area contributed by atoms with Gasteiger partial charge in [-0.25, -0.2) is 18.7 Å². The van der Waals surface area contributed by atoms with Crippen molar-refractivity contribution in [1.82, 2.24) is 25.2 Å². The summed E-state index contributed by atoms with van der Waals surface area (Å²) in [5.74, 6) is -2.74. The predicted molar refractivity (Wildman–Crippen MR) is 137 cm³/mol. The first kappa shape index (κ1) is 29.3. The number of halogens is 3. The summed E-state index contributed by atoms with van der Waals surface area (Å²) in [4.78, 5) is 38.3. The van der Waals surface area contributed by atoms with Gasteiger partial charge in [-0.2, -0.15) is 5.10 Å². The summed E-state index contributed by atoms with van der Waals surface area (Å²) in [6.07, 6.45) is 0.0712. The van der Waals surface area contributed by atoms with Gasteiger partial charge in [-0.15, -0.1) is 10.2 Å². The van der Waals surface area contributed by atoms with E-state index in [9.17, 15) is 14.4 Å². The van der Waals surface area contributed by atoms with Crippen LogP contribution in [0, 0.1) is 3.70 Å². The second-order valence-corrected chi connectivity index (χ2v) is 10.2. The Morgan fingerprint density at radius 1 is 1.14 bits per heavy atom. The van der Waals surface area contributed by atoms with E-state index in [1.165, 1.54) is 41.3 Å². The minimum absolute atomic E-state index is 0.0443. The molecule has 0 saturated carbocycles. The third kappa shape index (κ3) is 8.01. The van der Waals surface area contributed by atoms with Crippen molar-refractivity contribution in [3.05, 3.63) is 33.4 Å². The molecule has 2 heterocycles. The van der Waals surface area contributed by atoms with Crippen molar-refractivity contribution in [2.24, 2.45) is 0 Å². The summed E-state index contributed by atoms with van der Waals surface area (Å²) in [5, 5.41) is 15.3. The lowest BCUT2D eigenvalue weighted by atomic mass is 9.79. The third-order valence-electron chi connectivity index (χ3n) is 4.63. The molecule has 2 aromatic heterocycles. The Balaban J connectivity index is 2.33. The molecule has 0 aliphatic heterocycles. The van der Waals surface area contributed by atoms with Crippen LogP contribution in [-0.2, 0) is 34.1 Å². The zero-order valence-electron chi connectivity index (χ0n) is 19.7. The molecule has 0 spiro atoms. The Bertz CT molecular complexity index is 1030. The maximum Gasteiger partial charge on any atom is 0.361 e. The second kappa shape index (κ2) is 12.8. The summed E-state index contributed by atoms with van der Waals surface area (Å²) in [6.45, 7) is 6.64. The number of nitrogens with zero attached hydrogens (tertiary/aromatic N) is 5. The van der Waals surface area contributed by atoms with E-state index in [4.69, 9.17) is 12.5 Å². The van der Waals surface area contributed by atoms with Gasteiger partial charge in [-0.05, 0) is 61.9 Å². The number of alkyl halides is 1. The van der Waals surface area contributed by atoms with Crippen molar-refractivity contribution in [2.45, 2.75) is 70.7 Å². The van der Waals surface area contributed by atoms with Gasteiger partial charge in [0.1, 0.15) is 15.5 Å². The van der Waals surface area contributed by atoms with Gasteiger partial charge < -0.3 is 12.5 Å². The number of carbonyl (C=O) groups excluding carboxylic acids is 3. The van der Waals surface area contributed by atoms with E-state index in [1.54, 1.807) is 20.8 Å². The monoisotopic (exact) mass is 717 g/mol. The molecule has 0 amide bonds. The molecular weight excluding hydrogens is 691 g/mol. The molecule has 192 valence electrons. The number of hydrogen-bond donors (Lipinski definition) is 0. The van der Waals surface area contributed by atoms with Crippen LogP contribution in [0.15, 0.2) is 18.3 Å². The fourth-order valence-electron chi connectivity index (χ4n) is 3.02. The van der Waals surface area contributed by atoms with Crippen molar-refractivity contribution in [3.8, 4) is 0 Å². The summed E-state index contributed by atoms with van der Waals surface area (Å²) < 4.78 is 32.4. The number of carbonyl (C=O) groups is 3. The Morgan fingerprint density at radius 3 is 2.43 bits per heavy atom. The average molecular weight is 717 g/mol. The molecule has 0 aliphatic carbocycles. The number of aromatic nitrogens is 5. The van der Waals surface area contributed by atoms with Gasteiger partial charge in [0, 0.05) is 6.42 Å². The minimum atomic E-state index is -2.19. The summed E-state index contributed by atoms with van der Waals surface area (Å²) >= 11 is 3.25. The fraction of sp³-hybridized carbons (Fsp3) is 0.571. The summed E-state index contributed by atoms with van der Waals surface area (Å²) in [6, 6.07) is 2.95. The molecule has 2 atom stereocenters. The molecule has 0 N–H and O–H groups in total. The van der Waals surface area contributed by atoms with Crippen LogP contribution in [0.5, 0.6) is 0 Å². The molecule has 0 aromatic carbocycles. The maximum absolute atomic E-state index is 15.4. The molecule has 0 aliphatic rings. The van der Waals surface area contributed by atoms with E-state index < -0.39 is 48.1 Å². The summed E-state index contributed by atoms with van der Waals surface area (Å²) in [7, 11) is 0. The van der Waals surface area contributed by atoms with Gasteiger partial charge >= 0.3 is 17.9 Å². The highest BCUT2D eigenvalue weighted by atomic mass is 127. The molecule has 14 heteroatoms. The largest absolute Gasteiger partial charge is 0.465 e. The molecule has 0 fully saturated rings. The van der Waals surface area contributed by atoms with Gasteiger partial charge in [0.2, 0.25) is 5.41 Å². The molecular formula is C21H26FI2N5O6. The van der Waals surface area contributed by atoms with Crippen LogP contribution >= 0.6 is 45.6 Å². The van der Waals surface area contributed by atoms with E-state index in [0.29, 0.717) is 10.1 Å². The maximum atomic E-state index is 15.4. The molecule has 0 saturated heterocycles. The standard InChI is InChI=1S/C21H26FI2N5O6/c1-5-6-9-33-18(31)21(19(32)35-24,15-7-8-16(23)27-26-15)10-13(22)11-29-12-14(25-28-29)17(30)34-20(2,3)4/h7-8,12-13H,5-6,9-11H2,1-4H3/t13-,21?/m1/s1. The average Bonchev–Trinajstić information content (AvgIpc) is 3.25. The number of ether oxygens (including phenoxy) is 2. The molecule has 11 nitrogen and oxygen atoms in total. The van der Waals surface area contributed by atoms with Crippen LogP contribution in [0.2, 0.25) is 0 Å². The van der Waals surface area contributed by atoms with E-state index in [1.807, 2.05) is 29.5 Å². The van der Waals surface area contributed by atoms with Crippen molar-refractivity contribution < 1.29 is 31.3 Å². The quantitative estimate of drug-likeness (QED) is 0.147. The van der Waals surface area contributed by atoms with E-state index in [0.717, 1.165) is 11.1 Å². The highest BCUT2D eigenvalue weighted by Gasteiger charge is 2.54. The smallest absolute Gasteiger partial charge is 0.361 e. The number of rotatable bonds is 11. The predicted octanol–water partition coefficient (Wildman–Crippen LogP) is 3.53. The summed E-state index contributed by atoms with van der Waals surface area (Å²) in [5.41, 5.74) is -3.14. The lowest BCUT2D eigenvalue weighted by Gasteiger charge is -2.28. The first-order valence-corrected chi connectivity index (χ1v) is 12.7. The third-order valence-corrected chi connectivity index (χ3v) is 5.60. The number of hydrogen-bond acceptors (Lipinski definition) is 10. The van der Waals surface area contributed by atoms with E-state index >= 15 is 4.39 Å². The van der Waals surface area contributed by atoms with Crippen molar-refractivity contribution in [3.63, 3.8) is 0 Å². The van der Waals surface area contributed by atoms with Crippen LogP contribution in [0.3, 0.4) is 0 Å². The number of esters is 2. The zero-order valence-corrected chi connectivity index (χ0v) is 24.0. The van der Waals surface area contributed by atoms with Crippen molar-refractivity contribution in [2.75, 3.05) is 6.61 Å². The lowest BCUT2D eigenvalue weighted by molar-refractivity contribution is -0.161. The van der Waals surface area contributed by atoms with Crippen molar-refractivity contribution in [1.29, 1.82) is 0 Å². The molecule has 0 bridgehead atoms. The highest BCUT2D eigenvalue weighted by molar-refractivity contribution is 14.1.